The van der Waals surface area contributed by atoms with Crippen LogP contribution < -0.4 is 4.74 Å². The molecule has 0 spiro atoms. The number of halogens is 1. The predicted molar refractivity (Wildman–Crippen MR) is 81.0 cm³/mol. The summed E-state index contributed by atoms with van der Waals surface area (Å²) < 4.78 is 7.65. The Labute approximate surface area is 124 Å². The fourth-order valence-electron chi connectivity index (χ4n) is 1.84. The van der Waals surface area contributed by atoms with E-state index < -0.39 is 0 Å². The van der Waals surface area contributed by atoms with Crippen molar-refractivity contribution in [2.75, 3.05) is 5.88 Å². The van der Waals surface area contributed by atoms with Crippen molar-refractivity contribution in [2.45, 2.75) is 20.0 Å². The van der Waals surface area contributed by atoms with Crippen LogP contribution in [-0.4, -0.2) is 15.7 Å². The third-order valence-electron chi connectivity index (χ3n) is 2.91. The van der Waals surface area contributed by atoms with Crippen LogP contribution in [-0.2, 0) is 20.1 Å². The van der Waals surface area contributed by atoms with E-state index in [1.165, 1.54) is 0 Å². The molecular formula is C16H17ClN2O. The summed E-state index contributed by atoms with van der Waals surface area (Å²) >= 11 is 5.55. The van der Waals surface area contributed by atoms with Gasteiger partial charge in [-0.3, -0.25) is 4.68 Å². The Hall–Kier alpha value is -1.92. The molecule has 1 aromatic heterocycles. The number of hydrogen-bond donors (Lipinski definition) is 0. The highest BCUT2D eigenvalue weighted by Crippen LogP contribution is 2.15. The van der Waals surface area contributed by atoms with Gasteiger partial charge in [0.05, 0.1) is 17.3 Å². The van der Waals surface area contributed by atoms with E-state index in [9.17, 15) is 0 Å². The normalized spacial score (nSPS) is 9.95. The summed E-state index contributed by atoms with van der Waals surface area (Å²) in [5.41, 5.74) is 3.04. The Bertz CT molecular complexity index is 637. The standard InChI is InChI=1S/C16H17ClN2O/c1-3-14-11-15(19(2)18-14)12-20-16-8-4-6-13(10-16)7-5-9-17/h4,6,8,10-11H,3,9,12H2,1-2H3. The van der Waals surface area contributed by atoms with E-state index in [0.717, 1.165) is 29.1 Å². The molecule has 0 fully saturated rings. The summed E-state index contributed by atoms with van der Waals surface area (Å²) in [5, 5.41) is 4.40. The van der Waals surface area contributed by atoms with Crippen molar-refractivity contribution in [3.05, 3.63) is 47.3 Å². The van der Waals surface area contributed by atoms with Gasteiger partial charge in [-0.15, -0.1) is 11.6 Å². The van der Waals surface area contributed by atoms with E-state index in [0.29, 0.717) is 12.5 Å². The summed E-state index contributed by atoms with van der Waals surface area (Å²) in [7, 11) is 1.93. The van der Waals surface area contributed by atoms with E-state index in [1.54, 1.807) is 0 Å². The predicted octanol–water partition coefficient (Wildman–Crippen LogP) is 3.15. The largest absolute Gasteiger partial charge is 0.487 e. The summed E-state index contributed by atoms with van der Waals surface area (Å²) in [6, 6.07) is 9.76. The Morgan fingerprint density at radius 2 is 2.20 bits per heavy atom. The number of aromatic nitrogens is 2. The van der Waals surface area contributed by atoms with E-state index >= 15 is 0 Å². The second kappa shape index (κ2) is 7.02. The minimum atomic E-state index is 0.333. The van der Waals surface area contributed by atoms with Gasteiger partial charge in [-0.05, 0) is 30.7 Å². The summed E-state index contributed by atoms with van der Waals surface area (Å²) in [5.74, 6) is 6.94. The quantitative estimate of drug-likeness (QED) is 0.638. The van der Waals surface area contributed by atoms with Gasteiger partial charge >= 0.3 is 0 Å². The number of benzene rings is 1. The third-order valence-corrected chi connectivity index (χ3v) is 3.04. The molecule has 0 aliphatic rings. The van der Waals surface area contributed by atoms with Crippen molar-refractivity contribution in [2.24, 2.45) is 7.05 Å². The van der Waals surface area contributed by atoms with Crippen LogP contribution >= 0.6 is 11.6 Å². The number of rotatable bonds is 4. The van der Waals surface area contributed by atoms with Crippen LogP contribution in [0.5, 0.6) is 5.75 Å². The lowest BCUT2D eigenvalue weighted by atomic mass is 10.2. The van der Waals surface area contributed by atoms with Gasteiger partial charge in [0.1, 0.15) is 12.4 Å². The molecule has 0 aliphatic heterocycles. The van der Waals surface area contributed by atoms with Gasteiger partial charge in [-0.1, -0.05) is 24.8 Å². The molecule has 1 heterocycles. The molecule has 20 heavy (non-hydrogen) atoms. The molecule has 0 N–H and O–H groups in total. The van der Waals surface area contributed by atoms with Gasteiger partial charge in [0, 0.05) is 12.6 Å². The van der Waals surface area contributed by atoms with Crippen molar-refractivity contribution >= 4 is 11.6 Å². The highest BCUT2D eigenvalue weighted by atomic mass is 35.5. The van der Waals surface area contributed by atoms with Gasteiger partial charge in [0.25, 0.3) is 0 Å². The molecule has 0 unspecified atom stereocenters. The molecule has 0 amide bonds. The van der Waals surface area contributed by atoms with Crippen LogP contribution in [0.2, 0.25) is 0 Å². The lowest BCUT2D eigenvalue weighted by molar-refractivity contribution is 0.295. The zero-order valence-corrected chi connectivity index (χ0v) is 12.4. The maximum Gasteiger partial charge on any atom is 0.130 e. The topological polar surface area (TPSA) is 27.1 Å². The molecule has 0 saturated heterocycles. The zero-order valence-electron chi connectivity index (χ0n) is 11.7. The maximum atomic E-state index is 5.79. The van der Waals surface area contributed by atoms with Crippen LogP contribution in [0.3, 0.4) is 0 Å². The first-order chi connectivity index (χ1) is 9.72. The highest BCUT2D eigenvalue weighted by molar-refractivity contribution is 6.19. The summed E-state index contributed by atoms with van der Waals surface area (Å²) in [4.78, 5) is 0. The van der Waals surface area contributed by atoms with Crippen LogP contribution in [0, 0.1) is 11.8 Å². The van der Waals surface area contributed by atoms with Gasteiger partial charge in [0.15, 0.2) is 0 Å². The van der Waals surface area contributed by atoms with E-state index in [4.69, 9.17) is 16.3 Å². The highest BCUT2D eigenvalue weighted by Gasteiger charge is 2.04. The second-order valence-electron chi connectivity index (χ2n) is 4.36. The van der Waals surface area contributed by atoms with E-state index in [1.807, 2.05) is 36.0 Å². The maximum absolute atomic E-state index is 5.79. The second-order valence-corrected chi connectivity index (χ2v) is 4.62. The smallest absolute Gasteiger partial charge is 0.130 e. The van der Waals surface area contributed by atoms with Gasteiger partial charge in [-0.2, -0.15) is 5.10 Å². The van der Waals surface area contributed by atoms with Crippen molar-refractivity contribution in [3.63, 3.8) is 0 Å². The number of ether oxygens (including phenoxy) is 1. The molecule has 2 aromatic rings. The molecule has 0 radical (unpaired) electrons. The number of hydrogen-bond acceptors (Lipinski definition) is 2. The fraction of sp³-hybridized carbons (Fsp3) is 0.312. The fourth-order valence-corrected chi connectivity index (χ4v) is 1.90. The third kappa shape index (κ3) is 3.79. The summed E-state index contributed by atoms with van der Waals surface area (Å²) in [6.45, 7) is 2.59. The minimum Gasteiger partial charge on any atom is -0.487 e. The van der Waals surface area contributed by atoms with Crippen LogP contribution in [0.4, 0.5) is 0 Å². The van der Waals surface area contributed by atoms with Crippen LogP contribution in [0.15, 0.2) is 30.3 Å². The Kier molecular flexibility index (Phi) is 5.09. The SMILES string of the molecule is CCc1cc(COc2cccc(C#CCCl)c2)n(C)n1. The average Bonchev–Trinajstić information content (AvgIpc) is 2.84. The Balaban J connectivity index is 2.04. The molecule has 4 heteroatoms. The molecular weight excluding hydrogens is 272 g/mol. The first-order valence-corrected chi connectivity index (χ1v) is 7.06. The molecule has 0 atom stereocenters. The van der Waals surface area contributed by atoms with Crippen molar-refractivity contribution in [1.29, 1.82) is 0 Å². The Morgan fingerprint density at radius 1 is 1.35 bits per heavy atom. The van der Waals surface area contributed by atoms with Gasteiger partial charge < -0.3 is 4.74 Å². The van der Waals surface area contributed by atoms with Crippen LogP contribution in [0.1, 0.15) is 23.9 Å². The molecule has 104 valence electrons. The molecule has 3 nitrogen and oxygen atoms in total. The van der Waals surface area contributed by atoms with Crippen molar-refractivity contribution in [3.8, 4) is 17.6 Å². The van der Waals surface area contributed by atoms with E-state index in [-0.39, 0.29) is 0 Å². The first-order valence-electron chi connectivity index (χ1n) is 6.52. The lowest BCUT2D eigenvalue weighted by Crippen LogP contribution is -2.03. The van der Waals surface area contributed by atoms with Crippen molar-refractivity contribution in [1.82, 2.24) is 9.78 Å². The first kappa shape index (κ1) is 14.5. The van der Waals surface area contributed by atoms with Crippen LogP contribution in [0.25, 0.3) is 0 Å². The lowest BCUT2D eigenvalue weighted by Gasteiger charge is -2.06. The Morgan fingerprint density at radius 3 is 2.90 bits per heavy atom. The molecule has 0 aliphatic carbocycles. The van der Waals surface area contributed by atoms with E-state index in [2.05, 4.69) is 29.9 Å². The number of aryl methyl sites for hydroxylation is 2. The molecule has 0 saturated carbocycles. The van der Waals surface area contributed by atoms with Gasteiger partial charge in [-0.25, -0.2) is 0 Å². The average molecular weight is 289 g/mol. The van der Waals surface area contributed by atoms with Crippen molar-refractivity contribution < 1.29 is 4.74 Å². The molecule has 1 aromatic carbocycles. The summed E-state index contributed by atoms with van der Waals surface area (Å²) in [6.07, 6.45) is 0.928. The minimum absolute atomic E-state index is 0.333. The van der Waals surface area contributed by atoms with Gasteiger partial charge in [0.2, 0.25) is 0 Å². The zero-order chi connectivity index (χ0) is 14.4. The molecule has 2 rings (SSSR count). The number of nitrogens with zero attached hydrogens (tertiary/aromatic N) is 2. The molecule has 0 bridgehead atoms. The number of alkyl halides is 1. The monoisotopic (exact) mass is 288 g/mol.